The zero-order chi connectivity index (χ0) is 28.8. The summed E-state index contributed by atoms with van der Waals surface area (Å²) in [5.41, 5.74) is 6.78. The van der Waals surface area contributed by atoms with Crippen LogP contribution in [0.3, 0.4) is 0 Å². The normalized spacial score (nSPS) is 21.0. The van der Waals surface area contributed by atoms with Crippen LogP contribution < -0.4 is 0 Å². The van der Waals surface area contributed by atoms with Gasteiger partial charge < -0.3 is 0 Å². The first-order valence-corrected chi connectivity index (χ1v) is 45.2. The fourth-order valence-electron chi connectivity index (χ4n) is 10.3. The van der Waals surface area contributed by atoms with Crippen LogP contribution in [0.5, 0.6) is 0 Å². The molecule has 3 heteroatoms. The second-order valence-electron chi connectivity index (χ2n) is 13.9. The molecular formula is C38H58Hf2Si. The molecule has 1 saturated heterocycles. The van der Waals surface area contributed by atoms with Crippen LogP contribution >= 0.6 is 0 Å². The molecule has 0 radical (unpaired) electrons. The summed E-state index contributed by atoms with van der Waals surface area (Å²) in [6, 6.07) is 23.0. The van der Waals surface area contributed by atoms with Crippen LogP contribution in [0.15, 0.2) is 60.7 Å². The summed E-state index contributed by atoms with van der Waals surface area (Å²) < 4.78 is 7.17. The third-order valence-corrected chi connectivity index (χ3v) is 201. The number of hydrogen-bond donors (Lipinski definition) is 0. The van der Waals surface area contributed by atoms with Gasteiger partial charge in [-0.1, -0.05) is 0 Å². The SMILES string of the molecule is CCC[CH2][Hf]([CH2]CCC)([CH]1C=Cc2ccccc21)[Si]1([Hf]([CH2]CCC)([CH2]CCC)[CH]2C=Cc3ccccc32)CCCC1. The molecule has 0 bridgehead atoms. The van der Waals surface area contributed by atoms with Gasteiger partial charge in [0.05, 0.1) is 0 Å². The van der Waals surface area contributed by atoms with Gasteiger partial charge in [-0.2, -0.15) is 0 Å². The molecule has 2 aromatic rings. The van der Waals surface area contributed by atoms with Gasteiger partial charge in [-0.25, -0.2) is 0 Å². The van der Waals surface area contributed by atoms with E-state index in [2.05, 4.69) is 101 Å². The van der Waals surface area contributed by atoms with Gasteiger partial charge in [0.25, 0.3) is 0 Å². The van der Waals surface area contributed by atoms with Crippen molar-refractivity contribution in [3.05, 3.63) is 82.9 Å². The Labute approximate surface area is 261 Å². The van der Waals surface area contributed by atoms with Gasteiger partial charge in [0, 0.05) is 0 Å². The molecule has 0 N–H and O–H groups in total. The molecule has 1 heterocycles. The molecule has 1 fully saturated rings. The first kappa shape index (κ1) is 32.3. The van der Waals surface area contributed by atoms with Crippen LogP contribution in [-0.2, 0) is 38.3 Å². The number of hydrogen-bond acceptors (Lipinski definition) is 0. The Morgan fingerprint density at radius 2 is 0.927 bits per heavy atom. The first-order valence-electron chi connectivity index (χ1n) is 17.7. The Kier molecular flexibility index (Phi) is 11.6. The van der Waals surface area contributed by atoms with E-state index < -0.39 is 40.7 Å². The van der Waals surface area contributed by atoms with Crippen LogP contribution in [0.25, 0.3) is 12.2 Å². The molecule has 5 rings (SSSR count). The monoisotopic (exact) mass is 902 g/mol. The molecule has 2 unspecified atom stereocenters. The fraction of sp³-hybridized carbons (Fsp3) is 0.579. The van der Waals surface area contributed by atoms with Gasteiger partial charge in [-0.3, -0.25) is 0 Å². The molecular weight excluding hydrogens is 841 g/mol. The van der Waals surface area contributed by atoms with Gasteiger partial charge in [-0.05, 0) is 0 Å². The minimum atomic E-state index is -3.01. The van der Waals surface area contributed by atoms with E-state index in [1.807, 2.05) is 0 Å². The summed E-state index contributed by atoms with van der Waals surface area (Å²) in [5.74, 6) is 0. The van der Waals surface area contributed by atoms with Crippen LogP contribution in [0.2, 0.25) is 28.8 Å². The average Bonchev–Trinajstić information content (AvgIpc) is 3.78. The Morgan fingerprint density at radius 3 is 1.29 bits per heavy atom. The number of fused-ring (bicyclic) bond motifs is 2. The Morgan fingerprint density at radius 1 is 0.561 bits per heavy atom. The molecule has 222 valence electrons. The maximum atomic E-state index is 2.86. The van der Waals surface area contributed by atoms with Crippen LogP contribution in [0, 0.1) is 0 Å². The van der Waals surface area contributed by atoms with Crippen molar-refractivity contribution in [2.24, 2.45) is 0 Å². The Balaban J connectivity index is 1.80. The topological polar surface area (TPSA) is 0 Å². The van der Waals surface area contributed by atoms with Crippen molar-refractivity contribution in [3.63, 3.8) is 0 Å². The van der Waals surface area contributed by atoms with Gasteiger partial charge in [-0.15, -0.1) is 0 Å². The third-order valence-electron chi connectivity index (χ3n) is 12.1. The second-order valence-corrected chi connectivity index (χ2v) is 102. The zero-order valence-electron chi connectivity index (χ0n) is 26.9. The number of allylic oxidation sites excluding steroid dienone is 2. The fourth-order valence-corrected chi connectivity index (χ4v) is 290. The molecule has 0 aromatic heterocycles. The quantitative estimate of drug-likeness (QED) is 0.147. The molecule has 1 aliphatic heterocycles. The van der Waals surface area contributed by atoms with Gasteiger partial charge in [0.2, 0.25) is 0 Å². The summed E-state index contributed by atoms with van der Waals surface area (Å²) in [5, 5.41) is 0. The van der Waals surface area contributed by atoms with Crippen LogP contribution in [-0.4, -0.2) is 2.45 Å². The third kappa shape index (κ3) is 5.85. The molecule has 2 aliphatic carbocycles. The van der Waals surface area contributed by atoms with E-state index in [0.29, 0.717) is 0 Å². The van der Waals surface area contributed by atoms with Gasteiger partial charge in [0.15, 0.2) is 0 Å². The van der Waals surface area contributed by atoms with Crippen LogP contribution in [0.1, 0.15) is 122 Å². The Bertz CT molecular complexity index is 1090. The predicted octanol–water partition coefficient (Wildman–Crippen LogP) is 12.9. The van der Waals surface area contributed by atoms with E-state index in [0.717, 1.165) is 7.35 Å². The van der Waals surface area contributed by atoms with E-state index in [1.54, 1.807) is 63.9 Å². The van der Waals surface area contributed by atoms with Crippen molar-refractivity contribution in [2.45, 2.75) is 128 Å². The van der Waals surface area contributed by atoms with Crippen molar-refractivity contribution < 1.29 is 38.3 Å². The number of unbranched alkanes of at least 4 members (excludes halogenated alkanes) is 4. The molecule has 2 aromatic carbocycles. The molecule has 0 spiro atoms. The number of rotatable bonds is 16. The van der Waals surface area contributed by atoms with Gasteiger partial charge >= 0.3 is 264 Å². The first-order chi connectivity index (χ1) is 20.1. The molecule has 2 atom stereocenters. The summed E-state index contributed by atoms with van der Waals surface area (Å²) in [6.07, 6.45) is 25.8. The maximum absolute atomic E-state index is 3.01. The van der Waals surface area contributed by atoms with Crippen molar-refractivity contribution in [1.29, 1.82) is 0 Å². The van der Waals surface area contributed by atoms with E-state index in [4.69, 9.17) is 0 Å². The van der Waals surface area contributed by atoms with E-state index in [1.165, 1.54) is 51.4 Å². The van der Waals surface area contributed by atoms with E-state index in [9.17, 15) is 0 Å². The molecule has 0 nitrogen and oxygen atoms in total. The molecule has 41 heavy (non-hydrogen) atoms. The van der Waals surface area contributed by atoms with Crippen molar-refractivity contribution in [3.8, 4) is 0 Å². The minimum absolute atomic E-state index is 0.879. The van der Waals surface area contributed by atoms with Gasteiger partial charge in [0.1, 0.15) is 0 Å². The van der Waals surface area contributed by atoms with Crippen LogP contribution in [0.4, 0.5) is 0 Å². The average molecular weight is 900 g/mol. The standard InChI is InChI=1S/2C9H7.C4H8Si.4C4H9.2Hf/c2*1-2-5-9-7-3-6-8(9)4-1;1-2-4-5-3-1;4*1-3-4-2;;/h2*1-7H;1-4H2;4*1,3-4H2,2H3;;. The van der Waals surface area contributed by atoms with Crippen molar-refractivity contribution in [2.75, 3.05) is 0 Å². The Hall–Kier alpha value is -0.123. The van der Waals surface area contributed by atoms with E-state index in [-0.39, 0.29) is 0 Å². The molecule has 0 saturated carbocycles. The van der Waals surface area contributed by atoms with E-state index >= 15 is 0 Å². The summed E-state index contributed by atoms with van der Waals surface area (Å²) in [4.78, 5) is 0. The van der Waals surface area contributed by atoms with Crippen molar-refractivity contribution >= 4 is 14.6 Å². The molecule has 0 amide bonds. The summed E-state index contributed by atoms with van der Waals surface area (Å²) in [7, 11) is 0. The predicted molar refractivity (Wildman–Crippen MR) is 180 cm³/mol. The van der Waals surface area contributed by atoms with Crippen molar-refractivity contribution in [1.82, 2.24) is 0 Å². The summed E-state index contributed by atoms with van der Waals surface area (Å²) in [6.45, 7) is 10.0. The number of benzene rings is 2. The summed E-state index contributed by atoms with van der Waals surface area (Å²) >= 11 is -6.02. The zero-order valence-corrected chi connectivity index (χ0v) is 35.1. The second kappa shape index (κ2) is 14.8. The molecule has 3 aliphatic rings.